The Balaban J connectivity index is 0.00000512. The molecule has 2 rings (SSSR count). The normalized spacial score (nSPS) is 15.3. The van der Waals surface area contributed by atoms with Gasteiger partial charge in [0.25, 0.3) is 0 Å². The Kier molecular flexibility index (Phi) is 12.2. The summed E-state index contributed by atoms with van der Waals surface area (Å²) in [6.45, 7) is 5.87. The molecule has 1 aliphatic rings. The van der Waals surface area contributed by atoms with E-state index in [-0.39, 0.29) is 54.2 Å². The molecular formula is C22H34F3IN4O2. The number of carbonyl (C=O) groups is 1. The monoisotopic (exact) mass is 570 g/mol. The second-order valence-corrected chi connectivity index (χ2v) is 7.60. The van der Waals surface area contributed by atoms with Crippen LogP contribution in [0.1, 0.15) is 45.1 Å². The number of nitrogens with one attached hydrogen (secondary N) is 2. The number of halogens is 4. The summed E-state index contributed by atoms with van der Waals surface area (Å²) in [5.41, 5.74) is -0.785. The molecule has 1 aliphatic heterocycles. The molecule has 10 heteroatoms. The zero-order valence-corrected chi connectivity index (χ0v) is 21.2. The maximum Gasteiger partial charge on any atom is 0.419 e. The molecule has 182 valence electrons. The Bertz CT molecular complexity index is 734. The Morgan fingerprint density at radius 2 is 1.84 bits per heavy atom. The van der Waals surface area contributed by atoms with Crippen molar-refractivity contribution < 1.29 is 22.7 Å². The average Bonchev–Trinajstić information content (AvgIpc) is 2.76. The van der Waals surface area contributed by atoms with Crippen LogP contribution in [0, 0.1) is 5.92 Å². The van der Waals surface area contributed by atoms with Gasteiger partial charge in [0.2, 0.25) is 5.91 Å². The van der Waals surface area contributed by atoms with Crippen molar-refractivity contribution in [1.82, 2.24) is 15.5 Å². The van der Waals surface area contributed by atoms with Crippen LogP contribution < -0.4 is 15.4 Å². The molecule has 0 aliphatic carbocycles. The van der Waals surface area contributed by atoms with Crippen LogP contribution >= 0.6 is 24.0 Å². The number of hydrogen-bond donors (Lipinski definition) is 2. The summed E-state index contributed by atoms with van der Waals surface area (Å²) in [5, 5.41) is 6.39. The molecule has 1 aromatic rings. The van der Waals surface area contributed by atoms with E-state index in [1.807, 2.05) is 18.7 Å². The predicted octanol–water partition coefficient (Wildman–Crippen LogP) is 4.29. The third-order valence-electron chi connectivity index (χ3n) is 5.55. The third-order valence-corrected chi connectivity index (χ3v) is 5.55. The fraction of sp³-hybridized carbons (Fsp3) is 0.636. The number of alkyl halides is 3. The van der Waals surface area contributed by atoms with E-state index in [4.69, 9.17) is 4.74 Å². The summed E-state index contributed by atoms with van der Waals surface area (Å²) in [7, 11) is 1.64. The Morgan fingerprint density at radius 3 is 2.41 bits per heavy atom. The summed E-state index contributed by atoms with van der Waals surface area (Å²) < 4.78 is 44.4. The summed E-state index contributed by atoms with van der Waals surface area (Å²) in [6.07, 6.45) is -1.09. The van der Waals surface area contributed by atoms with E-state index in [0.29, 0.717) is 25.6 Å². The van der Waals surface area contributed by atoms with Crippen LogP contribution in [0.25, 0.3) is 0 Å². The van der Waals surface area contributed by atoms with Gasteiger partial charge < -0.3 is 20.3 Å². The van der Waals surface area contributed by atoms with Crippen LogP contribution in [-0.4, -0.2) is 56.1 Å². The second-order valence-electron chi connectivity index (χ2n) is 7.60. The van der Waals surface area contributed by atoms with Crippen molar-refractivity contribution in [3.05, 3.63) is 29.8 Å². The number of hydrogen-bond acceptors (Lipinski definition) is 3. The molecule has 0 unspecified atom stereocenters. The first-order valence-electron chi connectivity index (χ1n) is 10.8. The van der Waals surface area contributed by atoms with Crippen molar-refractivity contribution in [2.75, 3.05) is 33.3 Å². The molecule has 6 nitrogen and oxygen atoms in total. The van der Waals surface area contributed by atoms with Gasteiger partial charge in [-0.1, -0.05) is 26.0 Å². The van der Waals surface area contributed by atoms with Crippen molar-refractivity contribution >= 4 is 35.8 Å². The quantitative estimate of drug-likeness (QED) is 0.212. The van der Waals surface area contributed by atoms with Crippen molar-refractivity contribution in [2.24, 2.45) is 10.9 Å². The van der Waals surface area contributed by atoms with E-state index >= 15 is 0 Å². The number of ether oxygens (including phenoxy) is 1. The van der Waals surface area contributed by atoms with E-state index in [0.717, 1.165) is 31.7 Å². The smallest absolute Gasteiger partial charge is 0.419 e. The number of benzene rings is 1. The third kappa shape index (κ3) is 8.32. The molecule has 1 amide bonds. The average molecular weight is 570 g/mol. The molecule has 0 saturated carbocycles. The number of piperidine rings is 1. The highest BCUT2D eigenvalue weighted by atomic mass is 127. The molecule has 0 spiro atoms. The number of amides is 1. The lowest BCUT2D eigenvalue weighted by Gasteiger charge is -2.34. The fourth-order valence-electron chi connectivity index (χ4n) is 3.69. The Hall–Kier alpha value is -1.72. The highest BCUT2D eigenvalue weighted by Crippen LogP contribution is 2.35. The number of para-hydroxylation sites is 1. The van der Waals surface area contributed by atoms with Gasteiger partial charge in [0.1, 0.15) is 12.4 Å². The number of aliphatic imine (C=N–C) groups is 1. The summed E-state index contributed by atoms with van der Waals surface area (Å²) in [6, 6.07) is 5.35. The van der Waals surface area contributed by atoms with Crippen LogP contribution in [0.2, 0.25) is 0 Å². The van der Waals surface area contributed by atoms with Gasteiger partial charge in [0, 0.05) is 32.1 Å². The van der Waals surface area contributed by atoms with Gasteiger partial charge >= 0.3 is 6.18 Å². The molecule has 1 heterocycles. The molecule has 1 saturated heterocycles. The van der Waals surface area contributed by atoms with Crippen molar-refractivity contribution in [1.29, 1.82) is 0 Å². The van der Waals surface area contributed by atoms with Crippen molar-refractivity contribution in [2.45, 2.75) is 51.7 Å². The maximum absolute atomic E-state index is 13.0. The fourth-order valence-corrected chi connectivity index (χ4v) is 3.69. The number of rotatable bonds is 8. The second kappa shape index (κ2) is 13.7. The minimum atomic E-state index is -4.45. The van der Waals surface area contributed by atoms with Crippen LogP contribution in [0.5, 0.6) is 5.75 Å². The first kappa shape index (κ1) is 28.3. The van der Waals surface area contributed by atoms with E-state index in [1.165, 1.54) is 18.2 Å². The number of carbonyl (C=O) groups excluding carboxylic acids is 1. The minimum absolute atomic E-state index is 0. The highest BCUT2D eigenvalue weighted by molar-refractivity contribution is 14.0. The first-order valence-corrected chi connectivity index (χ1v) is 10.8. The van der Waals surface area contributed by atoms with Crippen LogP contribution in [0.3, 0.4) is 0 Å². The predicted molar refractivity (Wildman–Crippen MR) is 131 cm³/mol. The molecule has 1 aromatic carbocycles. The SMILES string of the molecule is CCC(CC)C(=O)N1CCC(NC(=NC)NCCOc2ccccc2C(F)(F)F)CC1.I. The molecule has 0 atom stereocenters. The Labute approximate surface area is 205 Å². The van der Waals surface area contributed by atoms with Gasteiger partial charge in [0.05, 0.1) is 12.1 Å². The van der Waals surface area contributed by atoms with Gasteiger partial charge in [-0.2, -0.15) is 13.2 Å². The zero-order valence-electron chi connectivity index (χ0n) is 18.9. The van der Waals surface area contributed by atoms with E-state index in [1.54, 1.807) is 7.05 Å². The van der Waals surface area contributed by atoms with Crippen LogP contribution in [0.4, 0.5) is 13.2 Å². The standard InChI is InChI=1S/C22H33F3N4O2.HI/c1-4-16(5-2)20(30)29-13-10-17(11-14-29)28-21(26-3)27-12-15-31-19-9-7-6-8-18(19)22(23,24)25;/h6-9,16-17H,4-5,10-15H2,1-3H3,(H2,26,27,28);1H. The topological polar surface area (TPSA) is 66.0 Å². The van der Waals surface area contributed by atoms with E-state index in [2.05, 4.69) is 15.6 Å². The molecule has 0 aromatic heterocycles. The maximum atomic E-state index is 13.0. The molecule has 1 fully saturated rings. The summed E-state index contributed by atoms with van der Waals surface area (Å²) in [4.78, 5) is 18.6. The lowest BCUT2D eigenvalue weighted by molar-refractivity contribution is -0.139. The van der Waals surface area contributed by atoms with Gasteiger partial charge in [-0.15, -0.1) is 24.0 Å². The number of likely N-dealkylation sites (tertiary alicyclic amines) is 1. The van der Waals surface area contributed by atoms with Crippen molar-refractivity contribution in [3.8, 4) is 5.75 Å². The number of guanidine groups is 1. The lowest BCUT2D eigenvalue weighted by atomic mass is 9.98. The lowest BCUT2D eigenvalue weighted by Crippen LogP contribution is -2.51. The van der Waals surface area contributed by atoms with Crippen molar-refractivity contribution in [3.63, 3.8) is 0 Å². The van der Waals surface area contributed by atoms with Gasteiger partial charge in [-0.3, -0.25) is 9.79 Å². The highest BCUT2D eigenvalue weighted by Gasteiger charge is 2.34. The zero-order chi connectivity index (χ0) is 22.9. The molecule has 0 bridgehead atoms. The van der Waals surface area contributed by atoms with Crippen LogP contribution in [0.15, 0.2) is 29.3 Å². The summed E-state index contributed by atoms with van der Waals surface area (Å²) in [5.74, 6) is 0.718. The number of nitrogens with zero attached hydrogens (tertiary/aromatic N) is 2. The molecule has 2 N–H and O–H groups in total. The largest absolute Gasteiger partial charge is 0.491 e. The van der Waals surface area contributed by atoms with E-state index < -0.39 is 11.7 Å². The first-order chi connectivity index (χ1) is 14.8. The molecule has 0 radical (unpaired) electrons. The minimum Gasteiger partial charge on any atom is -0.491 e. The molecule has 32 heavy (non-hydrogen) atoms. The van der Waals surface area contributed by atoms with Crippen LogP contribution in [-0.2, 0) is 11.0 Å². The van der Waals surface area contributed by atoms with E-state index in [9.17, 15) is 18.0 Å². The van der Waals surface area contributed by atoms with Gasteiger partial charge in [-0.05, 0) is 37.8 Å². The molecular weight excluding hydrogens is 536 g/mol. The van der Waals surface area contributed by atoms with Gasteiger partial charge in [-0.25, -0.2) is 0 Å². The Morgan fingerprint density at radius 1 is 1.22 bits per heavy atom. The summed E-state index contributed by atoms with van der Waals surface area (Å²) >= 11 is 0. The van der Waals surface area contributed by atoms with Gasteiger partial charge in [0.15, 0.2) is 5.96 Å².